The summed E-state index contributed by atoms with van der Waals surface area (Å²) in [6.07, 6.45) is 1.68. The van der Waals surface area contributed by atoms with E-state index in [4.69, 9.17) is 0 Å². The number of aryl methyl sites for hydroxylation is 1. The third-order valence-electron chi connectivity index (χ3n) is 4.72. The summed E-state index contributed by atoms with van der Waals surface area (Å²) < 4.78 is 26.5. The standard InChI is InChI=1S/C20H27N3O4S2/c1-6-7-12-23(5)29(26,27)16-10-8-15(9-11-16)18(24)22-20-17(19(25)21-4)13(2)14(3)28-20/h8-11H,6-7,12H2,1-5H3,(H,21,25)(H,22,24). The molecule has 0 saturated heterocycles. The van der Waals surface area contributed by atoms with Gasteiger partial charge in [-0.3, -0.25) is 9.59 Å². The Kier molecular flexibility index (Phi) is 7.56. The van der Waals surface area contributed by atoms with Gasteiger partial charge in [-0.2, -0.15) is 0 Å². The van der Waals surface area contributed by atoms with Crippen LogP contribution in [-0.2, 0) is 10.0 Å². The molecule has 2 rings (SSSR count). The van der Waals surface area contributed by atoms with E-state index in [1.165, 1.54) is 47.0 Å². The van der Waals surface area contributed by atoms with Gasteiger partial charge in [0.25, 0.3) is 11.8 Å². The minimum atomic E-state index is -3.59. The normalized spacial score (nSPS) is 11.5. The molecule has 0 radical (unpaired) electrons. The van der Waals surface area contributed by atoms with E-state index in [2.05, 4.69) is 10.6 Å². The summed E-state index contributed by atoms with van der Waals surface area (Å²) in [5.74, 6) is -0.668. The first kappa shape index (κ1) is 23.1. The molecule has 2 aromatic rings. The number of hydrogen-bond donors (Lipinski definition) is 2. The van der Waals surface area contributed by atoms with E-state index in [1.807, 2.05) is 20.8 Å². The van der Waals surface area contributed by atoms with Gasteiger partial charge in [-0.25, -0.2) is 12.7 Å². The highest BCUT2D eigenvalue weighted by Gasteiger charge is 2.22. The second-order valence-corrected chi connectivity index (χ2v) is 9.99. The van der Waals surface area contributed by atoms with E-state index in [0.717, 1.165) is 23.3 Å². The quantitative estimate of drug-likeness (QED) is 0.662. The number of thiophene rings is 1. The van der Waals surface area contributed by atoms with Crippen LogP contribution in [0.25, 0.3) is 0 Å². The molecule has 0 aliphatic carbocycles. The van der Waals surface area contributed by atoms with Crippen molar-refractivity contribution in [2.24, 2.45) is 0 Å². The lowest BCUT2D eigenvalue weighted by molar-refractivity contribution is 0.0963. The number of carbonyl (C=O) groups excluding carboxylic acids is 2. The van der Waals surface area contributed by atoms with Crippen LogP contribution in [0, 0.1) is 13.8 Å². The maximum Gasteiger partial charge on any atom is 0.256 e. The number of carbonyl (C=O) groups is 2. The smallest absolute Gasteiger partial charge is 0.256 e. The van der Waals surface area contributed by atoms with Crippen LogP contribution in [0.4, 0.5) is 5.00 Å². The molecule has 158 valence electrons. The van der Waals surface area contributed by atoms with Gasteiger partial charge in [0.15, 0.2) is 0 Å². The molecule has 2 amide bonds. The topological polar surface area (TPSA) is 95.6 Å². The van der Waals surface area contributed by atoms with E-state index in [1.54, 1.807) is 7.05 Å². The Hall–Kier alpha value is -2.23. The molecule has 0 spiro atoms. The second-order valence-electron chi connectivity index (χ2n) is 6.73. The Morgan fingerprint density at radius 2 is 1.72 bits per heavy atom. The summed E-state index contributed by atoms with van der Waals surface area (Å²) in [5, 5.41) is 5.83. The third kappa shape index (κ3) is 5.04. The third-order valence-corrected chi connectivity index (χ3v) is 7.71. The zero-order valence-corrected chi connectivity index (χ0v) is 19.0. The zero-order valence-electron chi connectivity index (χ0n) is 17.3. The van der Waals surface area contributed by atoms with Crippen LogP contribution >= 0.6 is 11.3 Å². The molecular formula is C20H27N3O4S2. The van der Waals surface area contributed by atoms with Gasteiger partial charge in [0.05, 0.1) is 10.5 Å². The average molecular weight is 438 g/mol. The van der Waals surface area contributed by atoms with E-state index >= 15 is 0 Å². The van der Waals surface area contributed by atoms with Gasteiger partial charge < -0.3 is 10.6 Å². The maximum atomic E-state index is 12.6. The highest BCUT2D eigenvalue weighted by atomic mass is 32.2. The molecule has 0 fully saturated rings. The molecule has 29 heavy (non-hydrogen) atoms. The van der Waals surface area contributed by atoms with Crippen molar-refractivity contribution in [2.45, 2.75) is 38.5 Å². The first-order chi connectivity index (χ1) is 13.6. The summed E-state index contributed by atoms with van der Waals surface area (Å²) in [6, 6.07) is 5.81. The van der Waals surface area contributed by atoms with Crippen molar-refractivity contribution in [1.29, 1.82) is 0 Å². The lowest BCUT2D eigenvalue weighted by Crippen LogP contribution is -2.28. The Morgan fingerprint density at radius 3 is 2.28 bits per heavy atom. The van der Waals surface area contributed by atoms with Crippen LogP contribution in [0.5, 0.6) is 0 Å². The van der Waals surface area contributed by atoms with Gasteiger partial charge in [0, 0.05) is 31.1 Å². The lowest BCUT2D eigenvalue weighted by atomic mass is 10.1. The number of nitrogens with zero attached hydrogens (tertiary/aromatic N) is 1. The SMILES string of the molecule is CCCCN(C)S(=O)(=O)c1ccc(C(=O)Nc2sc(C)c(C)c2C(=O)NC)cc1. The van der Waals surface area contributed by atoms with E-state index in [9.17, 15) is 18.0 Å². The number of amides is 2. The molecule has 1 heterocycles. The summed E-state index contributed by atoms with van der Waals surface area (Å²) >= 11 is 1.33. The molecule has 0 aliphatic heterocycles. The van der Waals surface area contributed by atoms with Crippen LogP contribution in [0.1, 0.15) is 50.9 Å². The van der Waals surface area contributed by atoms with Crippen LogP contribution in [0.3, 0.4) is 0 Å². The number of hydrogen-bond acceptors (Lipinski definition) is 5. The van der Waals surface area contributed by atoms with Gasteiger partial charge in [0.2, 0.25) is 10.0 Å². The monoisotopic (exact) mass is 437 g/mol. The van der Waals surface area contributed by atoms with Crippen molar-refractivity contribution in [3.8, 4) is 0 Å². The molecule has 0 unspecified atom stereocenters. The Labute approximate surface area is 176 Å². The minimum Gasteiger partial charge on any atom is -0.355 e. The molecule has 2 N–H and O–H groups in total. The fourth-order valence-electron chi connectivity index (χ4n) is 2.75. The zero-order chi connectivity index (χ0) is 21.8. The Morgan fingerprint density at radius 1 is 1.10 bits per heavy atom. The van der Waals surface area contributed by atoms with Gasteiger partial charge in [-0.1, -0.05) is 13.3 Å². The fourth-order valence-corrected chi connectivity index (χ4v) is 5.01. The average Bonchev–Trinajstić information content (AvgIpc) is 2.98. The molecular weight excluding hydrogens is 410 g/mol. The van der Waals surface area contributed by atoms with Crippen molar-refractivity contribution < 1.29 is 18.0 Å². The summed E-state index contributed by atoms with van der Waals surface area (Å²) in [5.41, 5.74) is 1.58. The molecule has 0 aliphatic rings. The van der Waals surface area contributed by atoms with Crippen molar-refractivity contribution in [1.82, 2.24) is 9.62 Å². The highest BCUT2D eigenvalue weighted by molar-refractivity contribution is 7.89. The van der Waals surface area contributed by atoms with Crippen molar-refractivity contribution in [3.63, 3.8) is 0 Å². The number of rotatable bonds is 8. The van der Waals surface area contributed by atoms with Gasteiger partial charge in [-0.05, 0) is 50.1 Å². The van der Waals surface area contributed by atoms with Gasteiger partial charge in [-0.15, -0.1) is 11.3 Å². The van der Waals surface area contributed by atoms with Gasteiger partial charge in [0.1, 0.15) is 5.00 Å². The van der Waals surface area contributed by atoms with Crippen LogP contribution in [-0.4, -0.2) is 45.2 Å². The Bertz CT molecular complexity index is 995. The molecule has 0 bridgehead atoms. The van der Waals surface area contributed by atoms with Crippen molar-refractivity contribution >= 4 is 38.2 Å². The Balaban J connectivity index is 2.22. The number of benzene rings is 1. The number of sulfonamides is 1. The molecule has 1 aromatic carbocycles. The molecule has 0 saturated carbocycles. The number of unbranched alkanes of at least 4 members (excludes halogenated alkanes) is 1. The van der Waals surface area contributed by atoms with Gasteiger partial charge >= 0.3 is 0 Å². The van der Waals surface area contributed by atoms with Crippen LogP contribution in [0.15, 0.2) is 29.2 Å². The summed E-state index contributed by atoms with van der Waals surface area (Å²) in [7, 11) is -0.498. The highest BCUT2D eigenvalue weighted by Crippen LogP contribution is 2.32. The second kappa shape index (κ2) is 9.51. The first-order valence-electron chi connectivity index (χ1n) is 9.33. The molecule has 1 aromatic heterocycles. The molecule has 0 atom stereocenters. The van der Waals surface area contributed by atoms with Crippen LogP contribution in [0.2, 0.25) is 0 Å². The van der Waals surface area contributed by atoms with Crippen molar-refractivity contribution in [3.05, 3.63) is 45.8 Å². The predicted octanol–water partition coefficient (Wildman–Crippen LogP) is 3.40. The largest absolute Gasteiger partial charge is 0.355 e. The number of anilines is 1. The number of nitrogens with one attached hydrogen (secondary N) is 2. The van der Waals surface area contributed by atoms with E-state index < -0.39 is 15.9 Å². The lowest BCUT2D eigenvalue weighted by Gasteiger charge is -2.17. The minimum absolute atomic E-state index is 0.140. The van der Waals surface area contributed by atoms with E-state index in [-0.39, 0.29) is 10.8 Å². The fraction of sp³-hybridized carbons (Fsp3) is 0.400. The predicted molar refractivity (Wildman–Crippen MR) is 116 cm³/mol. The van der Waals surface area contributed by atoms with E-state index in [0.29, 0.717) is 22.7 Å². The molecule has 9 heteroatoms. The molecule has 7 nitrogen and oxygen atoms in total. The first-order valence-corrected chi connectivity index (χ1v) is 11.6. The summed E-state index contributed by atoms with van der Waals surface area (Å²) in [4.78, 5) is 25.9. The van der Waals surface area contributed by atoms with Crippen molar-refractivity contribution in [2.75, 3.05) is 26.0 Å². The maximum absolute atomic E-state index is 12.6. The summed E-state index contributed by atoms with van der Waals surface area (Å²) in [6.45, 7) is 6.16. The van der Waals surface area contributed by atoms with Crippen LogP contribution < -0.4 is 10.6 Å².